The molecule has 1 aromatic carbocycles. The molecule has 92 valence electrons. The number of amides is 1. The van der Waals surface area contributed by atoms with E-state index in [1.54, 1.807) is 0 Å². The van der Waals surface area contributed by atoms with E-state index in [9.17, 15) is 4.79 Å². The van der Waals surface area contributed by atoms with Crippen molar-refractivity contribution in [3.8, 4) is 0 Å². The van der Waals surface area contributed by atoms with Crippen LogP contribution in [-0.2, 0) is 11.2 Å². The van der Waals surface area contributed by atoms with Crippen molar-refractivity contribution in [1.82, 2.24) is 5.32 Å². The van der Waals surface area contributed by atoms with Gasteiger partial charge in [-0.2, -0.15) is 0 Å². The molecule has 1 saturated carbocycles. The molecular weight excluding hydrogens is 214 g/mol. The van der Waals surface area contributed by atoms with Gasteiger partial charge in [0.15, 0.2) is 0 Å². The molecule has 0 spiro atoms. The summed E-state index contributed by atoms with van der Waals surface area (Å²) in [6.07, 6.45) is 2.46. The van der Waals surface area contributed by atoms with Crippen LogP contribution >= 0.6 is 0 Å². The highest BCUT2D eigenvalue weighted by Gasteiger charge is 2.41. The quantitative estimate of drug-likeness (QED) is 0.808. The Kier molecular flexibility index (Phi) is 3.48. The fourth-order valence-electron chi connectivity index (χ4n) is 1.81. The van der Waals surface area contributed by atoms with Gasteiger partial charge in [-0.05, 0) is 25.3 Å². The third-order valence-electron chi connectivity index (χ3n) is 3.44. The lowest BCUT2D eigenvalue weighted by atomic mass is 10.1. The van der Waals surface area contributed by atoms with Crippen molar-refractivity contribution in [2.75, 3.05) is 13.2 Å². The molecule has 1 fully saturated rings. The van der Waals surface area contributed by atoms with E-state index >= 15 is 0 Å². The lowest BCUT2D eigenvalue weighted by Gasteiger charge is -2.12. The van der Waals surface area contributed by atoms with Crippen LogP contribution in [0.5, 0.6) is 0 Å². The number of aryl methyl sites for hydroxylation is 1. The maximum absolute atomic E-state index is 11.7. The van der Waals surface area contributed by atoms with Crippen LogP contribution in [0, 0.1) is 12.3 Å². The molecule has 3 heteroatoms. The van der Waals surface area contributed by atoms with Gasteiger partial charge < -0.3 is 10.4 Å². The van der Waals surface area contributed by atoms with E-state index in [-0.39, 0.29) is 17.9 Å². The molecular formula is C14H19NO2. The molecule has 0 aliphatic heterocycles. The Balaban J connectivity index is 1.79. The van der Waals surface area contributed by atoms with Crippen LogP contribution in [0.3, 0.4) is 0 Å². The summed E-state index contributed by atoms with van der Waals surface area (Å²) in [4.78, 5) is 11.7. The fraction of sp³-hybridized carbons (Fsp3) is 0.500. The molecule has 0 bridgehead atoms. The summed E-state index contributed by atoms with van der Waals surface area (Å²) in [6.45, 7) is 2.81. The number of hydrogen-bond acceptors (Lipinski definition) is 2. The van der Waals surface area contributed by atoms with Gasteiger partial charge in [0.1, 0.15) is 0 Å². The van der Waals surface area contributed by atoms with Crippen LogP contribution in [0.4, 0.5) is 0 Å². The first-order valence-corrected chi connectivity index (χ1v) is 6.07. The molecule has 1 aliphatic rings. The van der Waals surface area contributed by atoms with E-state index in [0.29, 0.717) is 13.0 Å². The molecule has 2 N–H and O–H groups in total. The van der Waals surface area contributed by atoms with Gasteiger partial charge in [-0.3, -0.25) is 4.79 Å². The summed E-state index contributed by atoms with van der Waals surface area (Å²) in [5, 5.41) is 12.0. The third kappa shape index (κ3) is 3.30. The van der Waals surface area contributed by atoms with Crippen molar-refractivity contribution in [3.63, 3.8) is 0 Å². The number of benzene rings is 1. The number of aliphatic hydroxyl groups excluding tert-OH is 1. The van der Waals surface area contributed by atoms with E-state index < -0.39 is 0 Å². The van der Waals surface area contributed by atoms with Gasteiger partial charge in [-0.25, -0.2) is 0 Å². The van der Waals surface area contributed by atoms with Gasteiger partial charge in [-0.1, -0.05) is 29.8 Å². The maximum Gasteiger partial charge on any atom is 0.224 e. The van der Waals surface area contributed by atoms with Gasteiger partial charge >= 0.3 is 0 Å². The van der Waals surface area contributed by atoms with Gasteiger partial charge in [-0.15, -0.1) is 0 Å². The lowest BCUT2D eigenvalue weighted by molar-refractivity contribution is -0.120. The summed E-state index contributed by atoms with van der Waals surface area (Å²) in [7, 11) is 0. The van der Waals surface area contributed by atoms with E-state index in [1.165, 1.54) is 5.56 Å². The second-order valence-electron chi connectivity index (χ2n) is 5.10. The van der Waals surface area contributed by atoms with E-state index in [2.05, 4.69) is 5.32 Å². The minimum Gasteiger partial charge on any atom is -0.396 e. The summed E-state index contributed by atoms with van der Waals surface area (Å²) < 4.78 is 0. The fourth-order valence-corrected chi connectivity index (χ4v) is 1.81. The Morgan fingerprint density at radius 2 is 2.00 bits per heavy atom. The van der Waals surface area contributed by atoms with Gasteiger partial charge in [0.05, 0.1) is 13.0 Å². The number of hydrogen-bond donors (Lipinski definition) is 2. The molecule has 0 heterocycles. The molecule has 0 radical (unpaired) electrons. The zero-order chi connectivity index (χ0) is 12.3. The number of carbonyl (C=O) groups is 1. The predicted octanol–water partition coefficient (Wildman–Crippen LogP) is 1.43. The Bertz CT molecular complexity index is 393. The van der Waals surface area contributed by atoms with E-state index in [0.717, 1.165) is 18.4 Å². The van der Waals surface area contributed by atoms with Crippen molar-refractivity contribution < 1.29 is 9.90 Å². The normalized spacial score (nSPS) is 16.6. The third-order valence-corrected chi connectivity index (χ3v) is 3.44. The molecule has 17 heavy (non-hydrogen) atoms. The van der Waals surface area contributed by atoms with Crippen LogP contribution in [0.1, 0.15) is 24.0 Å². The largest absolute Gasteiger partial charge is 0.396 e. The first kappa shape index (κ1) is 12.1. The number of rotatable bonds is 5. The minimum atomic E-state index is -0.0110. The molecule has 0 aromatic heterocycles. The second kappa shape index (κ2) is 4.88. The van der Waals surface area contributed by atoms with E-state index in [4.69, 9.17) is 5.11 Å². The summed E-state index contributed by atoms with van der Waals surface area (Å²) >= 11 is 0. The average molecular weight is 233 g/mol. The van der Waals surface area contributed by atoms with Crippen molar-refractivity contribution in [1.29, 1.82) is 0 Å². The highest BCUT2D eigenvalue weighted by Crippen LogP contribution is 2.44. The summed E-state index contributed by atoms with van der Waals surface area (Å²) in [6, 6.07) is 7.99. The second-order valence-corrected chi connectivity index (χ2v) is 5.10. The van der Waals surface area contributed by atoms with E-state index in [1.807, 2.05) is 31.2 Å². The van der Waals surface area contributed by atoms with Crippen LogP contribution in [0.15, 0.2) is 24.3 Å². The topological polar surface area (TPSA) is 49.3 Å². The molecule has 1 aromatic rings. The summed E-state index contributed by atoms with van der Waals surface area (Å²) in [5.74, 6) is 0.0357. The van der Waals surface area contributed by atoms with Crippen LogP contribution in [0.25, 0.3) is 0 Å². The molecule has 0 unspecified atom stereocenters. The Morgan fingerprint density at radius 3 is 2.53 bits per heavy atom. The molecule has 0 saturated heterocycles. The van der Waals surface area contributed by atoms with Crippen molar-refractivity contribution in [2.45, 2.75) is 26.2 Å². The first-order chi connectivity index (χ1) is 8.13. The zero-order valence-corrected chi connectivity index (χ0v) is 10.2. The lowest BCUT2D eigenvalue weighted by Crippen LogP contribution is -2.32. The van der Waals surface area contributed by atoms with Gasteiger partial charge in [0.25, 0.3) is 0 Å². The number of carbonyl (C=O) groups excluding carboxylic acids is 1. The van der Waals surface area contributed by atoms with Crippen molar-refractivity contribution in [3.05, 3.63) is 35.4 Å². The average Bonchev–Trinajstić information content (AvgIpc) is 3.10. The van der Waals surface area contributed by atoms with Crippen LogP contribution in [0.2, 0.25) is 0 Å². The highest BCUT2D eigenvalue weighted by molar-refractivity contribution is 5.78. The molecule has 3 nitrogen and oxygen atoms in total. The Hall–Kier alpha value is -1.35. The molecule has 1 aliphatic carbocycles. The number of nitrogens with one attached hydrogen (secondary N) is 1. The first-order valence-electron chi connectivity index (χ1n) is 6.07. The molecule has 0 atom stereocenters. The minimum absolute atomic E-state index is 0.0110. The predicted molar refractivity (Wildman–Crippen MR) is 66.6 cm³/mol. The Labute approximate surface area is 102 Å². The summed E-state index contributed by atoms with van der Waals surface area (Å²) in [5.41, 5.74) is 2.22. The number of aliphatic hydroxyl groups is 1. The standard InChI is InChI=1S/C14H19NO2/c1-11-2-4-12(5-3-11)8-13(17)15-9-14(10-16)6-7-14/h2-5,16H,6-10H2,1H3,(H,15,17). The molecule has 2 rings (SSSR count). The molecule has 1 amide bonds. The zero-order valence-electron chi connectivity index (χ0n) is 10.2. The van der Waals surface area contributed by atoms with Gasteiger partial charge in [0, 0.05) is 12.0 Å². The SMILES string of the molecule is Cc1ccc(CC(=O)NCC2(CO)CC2)cc1. The highest BCUT2D eigenvalue weighted by atomic mass is 16.3. The Morgan fingerprint density at radius 1 is 1.35 bits per heavy atom. The van der Waals surface area contributed by atoms with Crippen LogP contribution in [-0.4, -0.2) is 24.2 Å². The smallest absolute Gasteiger partial charge is 0.224 e. The van der Waals surface area contributed by atoms with Crippen LogP contribution < -0.4 is 5.32 Å². The monoisotopic (exact) mass is 233 g/mol. The maximum atomic E-state index is 11.7. The van der Waals surface area contributed by atoms with Crippen molar-refractivity contribution >= 4 is 5.91 Å². The van der Waals surface area contributed by atoms with Crippen molar-refractivity contribution in [2.24, 2.45) is 5.41 Å². The van der Waals surface area contributed by atoms with Gasteiger partial charge in [0.2, 0.25) is 5.91 Å².